The van der Waals surface area contributed by atoms with Crippen molar-refractivity contribution in [1.82, 2.24) is 19.6 Å². The number of amides is 1. The summed E-state index contributed by atoms with van der Waals surface area (Å²) in [6.45, 7) is 0. The number of halogens is 1. The molecule has 0 fully saturated rings. The standard InChI is InChI=1S/C7H6ClN5O/c8-3-5(14)12-6-7-10-4-11-13(7)2-1-9-6/h1-2,4H,3H2,(H,9,12,14). The lowest BCUT2D eigenvalue weighted by Crippen LogP contribution is -2.14. The Hall–Kier alpha value is -1.69. The second-order valence-electron chi connectivity index (χ2n) is 2.49. The van der Waals surface area contributed by atoms with Crippen molar-refractivity contribution in [2.24, 2.45) is 0 Å². The highest BCUT2D eigenvalue weighted by molar-refractivity contribution is 6.29. The average molecular weight is 212 g/mol. The van der Waals surface area contributed by atoms with Gasteiger partial charge in [0.2, 0.25) is 5.91 Å². The van der Waals surface area contributed by atoms with Crippen molar-refractivity contribution in [3.63, 3.8) is 0 Å². The molecule has 0 bridgehead atoms. The van der Waals surface area contributed by atoms with Crippen molar-refractivity contribution in [2.45, 2.75) is 0 Å². The van der Waals surface area contributed by atoms with Crippen LogP contribution in [0.4, 0.5) is 5.82 Å². The number of nitrogens with one attached hydrogen (secondary N) is 1. The first kappa shape index (κ1) is 8.89. The largest absolute Gasteiger partial charge is 0.306 e. The number of carbonyl (C=O) groups is 1. The van der Waals surface area contributed by atoms with E-state index in [0.29, 0.717) is 11.5 Å². The number of fused-ring (bicyclic) bond motifs is 1. The first-order valence-corrected chi connectivity index (χ1v) is 4.35. The van der Waals surface area contributed by atoms with E-state index in [-0.39, 0.29) is 11.8 Å². The van der Waals surface area contributed by atoms with Crippen molar-refractivity contribution >= 4 is 29.0 Å². The van der Waals surface area contributed by atoms with Gasteiger partial charge in [-0.1, -0.05) is 0 Å². The van der Waals surface area contributed by atoms with Gasteiger partial charge in [0, 0.05) is 12.4 Å². The van der Waals surface area contributed by atoms with Crippen LogP contribution in [0.15, 0.2) is 18.7 Å². The van der Waals surface area contributed by atoms with Gasteiger partial charge >= 0.3 is 0 Å². The second-order valence-corrected chi connectivity index (χ2v) is 2.75. The van der Waals surface area contributed by atoms with Crippen LogP contribution in [0, 0.1) is 0 Å². The molecule has 0 aliphatic heterocycles. The Morgan fingerprint density at radius 1 is 1.57 bits per heavy atom. The van der Waals surface area contributed by atoms with E-state index in [0.717, 1.165) is 0 Å². The zero-order valence-corrected chi connectivity index (χ0v) is 7.77. The summed E-state index contributed by atoms with van der Waals surface area (Å²) in [4.78, 5) is 18.9. The second kappa shape index (κ2) is 3.59. The summed E-state index contributed by atoms with van der Waals surface area (Å²) in [5, 5.41) is 6.41. The number of aromatic nitrogens is 4. The highest BCUT2D eigenvalue weighted by atomic mass is 35.5. The number of carbonyl (C=O) groups excluding carboxylic acids is 1. The Balaban J connectivity index is 2.41. The quantitative estimate of drug-likeness (QED) is 0.726. The summed E-state index contributed by atoms with van der Waals surface area (Å²) < 4.78 is 1.51. The molecule has 6 nitrogen and oxygen atoms in total. The Bertz CT molecular complexity index is 468. The fraction of sp³-hybridized carbons (Fsp3) is 0.143. The van der Waals surface area contributed by atoms with E-state index in [4.69, 9.17) is 11.6 Å². The minimum absolute atomic E-state index is 0.114. The Morgan fingerprint density at radius 2 is 2.43 bits per heavy atom. The van der Waals surface area contributed by atoms with Gasteiger partial charge in [0.05, 0.1) is 0 Å². The van der Waals surface area contributed by atoms with E-state index in [1.807, 2.05) is 0 Å². The molecule has 1 amide bonds. The van der Waals surface area contributed by atoms with Crippen LogP contribution in [0.25, 0.3) is 5.65 Å². The fourth-order valence-corrected chi connectivity index (χ4v) is 1.08. The van der Waals surface area contributed by atoms with Crippen LogP contribution >= 0.6 is 11.6 Å². The first-order valence-electron chi connectivity index (χ1n) is 3.81. The molecule has 7 heteroatoms. The van der Waals surface area contributed by atoms with Crippen molar-refractivity contribution in [1.29, 1.82) is 0 Å². The molecule has 0 aromatic carbocycles. The van der Waals surface area contributed by atoms with Crippen LogP contribution < -0.4 is 5.32 Å². The lowest BCUT2D eigenvalue weighted by molar-refractivity contribution is -0.113. The van der Waals surface area contributed by atoms with Crippen molar-refractivity contribution < 1.29 is 4.79 Å². The molecule has 0 aliphatic carbocycles. The number of rotatable bonds is 2. The van der Waals surface area contributed by atoms with Gasteiger partial charge in [-0.3, -0.25) is 4.79 Å². The predicted octanol–water partition coefficient (Wildman–Crippen LogP) is 0.302. The van der Waals surface area contributed by atoms with Gasteiger partial charge in [-0.25, -0.2) is 14.5 Å². The summed E-state index contributed by atoms with van der Waals surface area (Å²) in [7, 11) is 0. The predicted molar refractivity (Wildman–Crippen MR) is 50.1 cm³/mol. The molecule has 1 N–H and O–H groups in total. The zero-order valence-electron chi connectivity index (χ0n) is 7.01. The van der Waals surface area contributed by atoms with Crippen molar-refractivity contribution in [3.05, 3.63) is 18.7 Å². The monoisotopic (exact) mass is 211 g/mol. The van der Waals surface area contributed by atoms with Gasteiger partial charge in [-0.2, -0.15) is 5.10 Å². The highest BCUT2D eigenvalue weighted by Crippen LogP contribution is 2.08. The molecule has 0 spiro atoms. The molecule has 2 aromatic heterocycles. The van der Waals surface area contributed by atoms with Crippen molar-refractivity contribution in [2.75, 3.05) is 11.2 Å². The third-order valence-electron chi connectivity index (χ3n) is 1.58. The van der Waals surface area contributed by atoms with Crippen LogP contribution in [-0.4, -0.2) is 31.4 Å². The van der Waals surface area contributed by atoms with E-state index < -0.39 is 0 Å². The first-order chi connectivity index (χ1) is 6.81. The molecule has 14 heavy (non-hydrogen) atoms. The highest BCUT2D eigenvalue weighted by Gasteiger charge is 2.07. The summed E-state index contributed by atoms with van der Waals surface area (Å²) in [5.41, 5.74) is 0.492. The van der Waals surface area contributed by atoms with Crippen LogP contribution in [-0.2, 0) is 4.79 Å². The van der Waals surface area contributed by atoms with E-state index in [1.54, 1.807) is 6.20 Å². The molecule has 0 aliphatic rings. The van der Waals surface area contributed by atoms with Gasteiger partial charge in [0.15, 0.2) is 11.5 Å². The molecule has 2 rings (SSSR count). The third kappa shape index (κ3) is 1.51. The third-order valence-corrected chi connectivity index (χ3v) is 1.82. The van der Waals surface area contributed by atoms with E-state index in [1.165, 1.54) is 17.0 Å². The maximum atomic E-state index is 11.0. The van der Waals surface area contributed by atoms with Gasteiger partial charge in [-0.05, 0) is 0 Å². The number of nitrogens with zero attached hydrogens (tertiary/aromatic N) is 4. The number of hydrogen-bond donors (Lipinski definition) is 1. The molecular formula is C7H6ClN5O. The maximum Gasteiger partial charge on any atom is 0.240 e. The van der Waals surface area contributed by atoms with Crippen LogP contribution in [0.2, 0.25) is 0 Å². The van der Waals surface area contributed by atoms with Gasteiger partial charge in [0.25, 0.3) is 0 Å². The molecule has 0 radical (unpaired) electrons. The van der Waals surface area contributed by atoms with E-state index in [2.05, 4.69) is 20.4 Å². The van der Waals surface area contributed by atoms with Crippen molar-refractivity contribution in [3.8, 4) is 0 Å². The lowest BCUT2D eigenvalue weighted by atomic mass is 10.5. The molecule has 0 saturated heterocycles. The molecule has 0 saturated carbocycles. The zero-order chi connectivity index (χ0) is 9.97. The lowest BCUT2D eigenvalue weighted by Gasteiger charge is -2.01. The fourth-order valence-electron chi connectivity index (χ4n) is 1.01. The topological polar surface area (TPSA) is 72.2 Å². The summed E-state index contributed by atoms with van der Waals surface area (Å²) >= 11 is 5.34. The number of hydrogen-bond acceptors (Lipinski definition) is 4. The van der Waals surface area contributed by atoms with Gasteiger partial charge in [0.1, 0.15) is 12.2 Å². The summed E-state index contributed by atoms with van der Waals surface area (Å²) in [6, 6.07) is 0. The minimum atomic E-state index is -0.324. The maximum absolute atomic E-state index is 11.0. The molecule has 0 atom stereocenters. The summed E-state index contributed by atoms with van der Waals surface area (Å²) in [6.07, 6.45) is 4.54. The van der Waals surface area contributed by atoms with Crippen LogP contribution in [0.5, 0.6) is 0 Å². The number of anilines is 1. The molecular weight excluding hydrogens is 206 g/mol. The smallest absolute Gasteiger partial charge is 0.240 e. The summed E-state index contributed by atoms with van der Waals surface area (Å²) in [5.74, 6) is -0.0810. The van der Waals surface area contributed by atoms with E-state index >= 15 is 0 Å². The van der Waals surface area contributed by atoms with Crippen LogP contribution in [0.1, 0.15) is 0 Å². The Morgan fingerprint density at radius 3 is 3.21 bits per heavy atom. The molecule has 72 valence electrons. The van der Waals surface area contributed by atoms with Crippen LogP contribution in [0.3, 0.4) is 0 Å². The van der Waals surface area contributed by atoms with Gasteiger partial charge in [-0.15, -0.1) is 11.6 Å². The molecule has 0 unspecified atom stereocenters. The minimum Gasteiger partial charge on any atom is -0.306 e. The van der Waals surface area contributed by atoms with E-state index in [9.17, 15) is 4.79 Å². The molecule has 2 aromatic rings. The van der Waals surface area contributed by atoms with Gasteiger partial charge < -0.3 is 5.32 Å². The SMILES string of the molecule is O=C(CCl)Nc1nccn2ncnc12. The normalized spacial score (nSPS) is 10.4. The Labute approximate surface area is 83.9 Å². The Kier molecular flexibility index (Phi) is 2.28. The molecule has 2 heterocycles. The average Bonchev–Trinajstić information content (AvgIpc) is 2.66. The number of alkyl halides is 1.